The Morgan fingerprint density at radius 2 is 2.29 bits per heavy atom. The SMILES string of the molecule is CCN(CCNC(=O)CC(CN)OC)C1CC1. The monoisotopic (exact) mass is 243 g/mol. The first kappa shape index (κ1) is 14.4. The quantitative estimate of drug-likeness (QED) is 0.596. The van der Waals surface area contributed by atoms with Crippen LogP contribution in [0.1, 0.15) is 26.2 Å². The van der Waals surface area contributed by atoms with Crippen LogP contribution in [0.5, 0.6) is 0 Å². The van der Waals surface area contributed by atoms with Crippen molar-refractivity contribution in [1.29, 1.82) is 0 Å². The van der Waals surface area contributed by atoms with Crippen molar-refractivity contribution in [1.82, 2.24) is 10.2 Å². The molecule has 1 atom stereocenters. The number of likely N-dealkylation sites (N-methyl/N-ethyl adjacent to an activating group) is 1. The van der Waals surface area contributed by atoms with Gasteiger partial charge in [-0.25, -0.2) is 0 Å². The van der Waals surface area contributed by atoms with E-state index in [1.807, 2.05) is 0 Å². The van der Waals surface area contributed by atoms with Crippen LogP contribution in [-0.4, -0.2) is 56.2 Å². The molecule has 1 aliphatic rings. The normalized spacial score (nSPS) is 17.2. The molecule has 100 valence electrons. The fourth-order valence-corrected chi connectivity index (χ4v) is 1.92. The average molecular weight is 243 g/mol. The molecule has 0 aromatic rings. The van der Waals surface area contributed by atoms with Crippen LogP contribution in [0, 0.1) is 0 Å². The number of methoxy groups -OCH3 is 1. The maximum Gasteiger partial charge on any atom is 0.222 e. The molecule has 1 rings (SSSR count). The lowest BCUT2D eigenvalue weighted by molar-refractivity contribution is -0.123. The summed E-state index contributed by atoms with van der Waals surface area (Å²) in [5.41, 5.74) is 5.46. The van der Waals surface area contributed by atoms with Gasteiger partial charge in [-0.05, 0) is 19.4 Å². The fourth-order valence-electron chi connectivity index (χ4n) is 1.92. The fraction of sp³-hybridized carbons (Fsp3) is 0.917. The van der Waals surface area contributed by atoms with Gasteiger partial charge in [-0.2, -0.15) is 0 Å². The molecule has 0 aromatic heterocycles. The third-order valence-corrected chi connectivity index (χ3v) is 3.20. The van der Waals surface area contributed by atoms with E-state index in [0.29, 0.717) is 19.5 Å². The van der Waals surface area contributed by atoms with Gasteiger partial charge in [-0.15, -0.1) is 0 Å². The van der Waals surface area contributed by atoms with E-state index in [2.05, 4.69) is 17.1 Å². The molecule has 0 spiro atoms. The highest BCUT2D eigenvalue weighted by molar-refractivity contribution is 5.76. The standard InChI is InChI=1S/C12H25N3O2/c1-3-15(10-4-5-10)7-6-14-12(16)8-11(9-13)17-2/h10-11H,3-9,13H2,1-2H3,(H,14,16). The molecule has 1 fully saturated rings. The molecule has 0 saturated heterocycles. The number of carbonyl (C=O) groups excluding carboxylic acids is 1. The second-order valence-corrected chi connectivity index (χ2v) is 4.51. The molecule has 1 saturated carbocycles. The molecule has 17 heavy (non-hydrogen) atoms. The summed E-state index contributed by atoms with van der Waals surface area (Å²) < 4.78 is 5.07. The van der Waals surface area contributed by atoms with Gasteiger partial charge >= 0.3 is 0 Å². The largest absolute Gasteiger partial charge is 0.380 e. The lowest BCUT2D eigenvalue weighted by Crippen LogP contribution is -2.38. The molecule has 0 bridgehead atoms. The van der Waals surface area contributed by atoms with E-state index in [9.17, 15) is 4.79 Å². The summed E-state index contributed by atoms with van der Waals surface area (Å²) in [6.45, 7) is 5.25. The lowest BCUT2D eigenvalue weighted by Gasteiger charge is -2.20. The van der Waals surface area contributed by atoms with Gasteiger partial charge in [0.2, 0.25) is 5.91 Å². The van der Waals surface area contributed by atoms with Gasteiger partial charge in [-0.1, -0.05) is 6.92 Å². The van der Waals surface area contributed by atoms with Gasteiger partial charge in [-0.3, -0.25) is 9.69 Å². The van der Waals surface area contributed by atoms with E-state index in [1.165, 1.54) is 12.8 Å². The molecular weight excluding hydrogens is 218 g/mol. The molecular formula is C12H25N3O2. The van der Waals surface area contributed by atoms with Crippen LogP contribution in [0.3, 0.4) is 0 Å². The van der Waals surface area contributed by atoms with Crippen LogP contribution in [0.25, 0.3) is 0 Å². The van der Waals surface area contributed by atoms with Crippen molar-refractivity contribution in [2.24, 2.45) is 5.73 Å². The zero-order valence-electron chi connectivity index (χ0n) is 10.9. The highest BCUT2D eigenvalue weighted by atomic mass is 16.5. The van der Waals surface area contributed by atoms with E-state index >= 15 is 0 Å². The Labute approximate surface area is 104 Å². The number of hydrogen-bond acceptors (Lipinski definition) is 4. The number of nitrogens with two attached hydrogens (primary N) is 1. The van der Waals surface area contributed by atoms with Crippen molar-refractivity contribution in [2.75, 3.05) is 33.3 Å². The van der Waals surface area contributed by atoms with Gasteiger partial charge < -0.3 is 15.8 Å². The van der Waals surface area contributed by atoms with Gasteiger partial charge in [0.05, 0.1) is 12.5 Å². The van der Waals surface area contributed by atoms with Crippen molar-refractivity contribution >= 4 is 5.91 Å². The first-order valence-corrected chi connectivity index (χ1v) is 6.44. The first-order valence-electron chi connectivity index (χ1n) is 6.44. The van der Waals surface area contributed by atoms with Gasteiger partial charge in [0.1, 0.15) is 0 Å². The molecule has 1 unspecified atom stereocenters. The Kier molecular flexibility index (Phi) is 6.47. The van der Waals surface area contributed by atoms with Crippen LogP contribution < -0.4 is 11.1 Å². The van der Waals surface area contributed by atoms with E-state index in [1.54, 1.807) is 7.11 Å². The number of nitrogens with one attached hydrogen (secondary N) is 1. The highest BCUT2D eigenvalue weighted by Crippen LogP contribution is 2.25. The zero-order valence-corrected chi connectivity index (χ0v) is 10.9. The number of rotatable bonds is 9. The molecule has 3 N–H and O–H groups in total. The van der Waals surface area contributed by atoms with Crippen molar-refractivity contribution in [3.63, 3.8) is 0 Å². The van der Waals surface area contributed by atoms with E-state index in [-0.39, 0.29) is 12.0 Å². The molecule has 5 heteroatoms. The second-order valence-electron chi connectivity index (χ2n) is 4.51. The number of hydrogen-bond donors (Lipinski definition) is 2. The second kappa shape index (κ2) is 7.63. The molecule has 0 aromatic carbocycles. The van der Waals surface area contributed by atoms with Gasteiger partial charge in [0.25, 0.3) is 0 Å². The summed E-state index contributed by atoms with van der Waals surface area (Å²) in [6, 6.07) is 0.757. The molecule has 0 aliphatic heterocycles. The summed E-state index contributed by atoms with van der Waals surface area (Å²) in [7, 11) is 1.58. The van der Waals surface area contributed by atoms with Crippen LogP contribution in [-0.2, 0) is 9.53 Å². The lowest BCUT2D eigenvalue weighted by atomic mass is 10.2. The summed E-state index contributed by atoms with van der Waals surface area (Å²) in [4.78, 5) is 14.0. The smallest absolute Gasteiger partial charge is 0.222 e. The van der Waals surface area contributed by atoms with Crippen LogP contribution in [0.15, 0.2) is 0 Å². The number of nitrogens with zero attached hydrogens (tertiary/aromatic N) is 1. The average Bonchev–Trinajstić information content (AvgIpc) is 3.16. The van der Waals surface area contributed by atoms with E-state index in [4.69, 9.17) is 10.5 Å². The van der Waals surface area contributed by atoms with Gasteiger partial charge in [0, 0.05) is 32.8 Å². The predicted molar refractivity (Wildman–Crippen MR) is 67.7 cm³/mol. The molecule has 5 nitrogen and oxygen atoms in total. The zero-order chi connectivity index (χ0) is 12.7. The van der Waals surface area contributed by atoms with Crippen molar-refractivity contribution in [3.05, 3.63) is 0 Å². The minimum Gasteiger partial charge on any atom is -0.380 e. The molecule has 1 aliphatic carbocycles. The third kappa shape index (κ3) is 5.48. The van der Waals surface area contributed by atoms with E-state index in [0.717, 1.165) is 19.1 Å². The molecule has 0 radical (unpaired) electrons. The van der Waals surface area contributed by atoms with Crippen molar-refractivity contribution in [3.8, 4) is 0 Å². The first-order chi connectivity index (χ1) is 8.21. The van der Waals surface area contributed by atoms with Crippen LogP contribution in [0.2, 0.25) is 0 Å². The highest BCUT2D eigenvalue weighted by Gasteiger charge is 2.27. The predicted octanol–water partition coefficient (Wildman–Crippen LogP) is -0.0493. The minimum absolute atomic E-state index is 0.0224. The third-order valence-electron chi connectivity index (χ3n) is 3.20. The minimum atomic E-state index is -0.166. The summed E-state index contributed by atoms with van der Waals surface area (Å²) in [6.07, 6.45) is 2.80. The maximum atomic E-state index is 11.6. The number of ether oxygens (including phenoxy) is 1. The maximum absolute atomic E-state index is 11.6. The van der Waals surface area contributed by atoms with E-state index < -0.39 is 0 Å². The Balaban J connectivity index is 2.10. The summed E-state index contributed by atoms with van der Waals surface area (Å²) in [5.74, 6) is 0.0224. The van der Waals surface area contributed by atoms with Crippen molar-refractivity contribution in [2.45, 2.75) is 38.3 Å². The number of amides is 1. The van der Waals surface area contributed by atoms with Crippen LogP contribution in [0.4, 0.5) is 0 Å². The van der Waals surface area contributed by atoms with Gasteiger partial charge in [0.15, 0.2) is 0 Å². The Morgan fingerprint density at radius 3 is 2.76 bits per heavy atom. The van der Waals surface area contributed by atoms with Crippen LogP contribution >= 0.6 is 0 Å². The number of carbonyl (C=O) groups is 1. The van der Waals surface area contributed by atoms with Crippen molar-refractivity contribution < 1.29 is 9.53 Å². The molecule has 0 heterocycles. The Bertz CT molecular complexity index is 228. The summed E-state index contributed by atoms with van der Waals surface area (Å²) in [5, 5.41) is 2.91. The summed E-state index contributed by atoms with van der Waals surface area (Å²) >= 11 is 0. The Hall–Kier alpha value is -0.650. The molecule has 1 amide bonds. The topological polar surface area (TPSA) is 67.6 Å². The Morgan fingerprint density at radius 1 is 1.59 bits per heavy atom.